The molecule has 1 saturated carbocycles. The van der Waals surface area contributed by atoms with Gasteiger partial charge in [0.2, 0.25) is 18.2 Å². The van der Waals surface area contributed by atoms with Crippen molar-refractivity contribution in [2.75, 3.05) is 5.73 Å². The number of nitrogen functional groups attached to an aromatic ring is 1. The summed E-state index contributed by atoms with van der Waals surface area (Å²) in [4.78, 5) is 12.4. The average Bonchev–Trinajstić information content (AvgIpc) is 3.34. The van der Waals surface area contributed by atoms with Crippen LogP contribution >= 0.6 is 0 Å². The van der Waals surface area contributed by atoms with Crippen molar-refractivity contribution in [1.82, 2.24) is 29.0 Å². The first-order chi connectivity index (χ1) is 14.1. The van der Waals surface area contributed by atoms with E-state index >= 15 is 0 Å². The molecule has 4 heterocycles. The normalized spacial score (nSPS) is 15.0. The van der Waals surface area contributed by atoms with Crippen LogP contribution in [0.2, 0.25) is 0 Å². The lowest BCUT2D eigenvalue weighted by Crippen LogP contribution is -2.09. The minimum Gasteiger partial charge on any atom is -0.367 e. The number of fused-ring (bicyclic) bond motifs is 2. The highest BCUT2D eigenvalue weighted by molar-refractivity contribution is 5.79. The third kappa shape index (κ3) is 4.49. The second kappa shape index (κ2) is 8.50. The van der Waals surface area contributed by atoms with Gasteiger partial charge in [0, 0.05) is 48.5 Å². The number of rotatable bonds is 3. The molecular weight excluding hydrogens is 376 g/mol. The van der Waals surface area contributed by atoms with Gasteiger partial charge in [0.25, 0.3) is 0 Å². The Labute approximate surface area is 166 Å². The number of imidazole rings is 1. The molecule has 9 heteroatoms. The zero-order valence-electron chi connectivity index (χ0n) is 16.0. The van der Waals surface area contributed by atoms with Crippen molar-refractivity contribution in [1.29, 1.82) is 0 Å². The van der Waals surface area contributed by atoms with Crippen LogP contribution in [0.4, 0.5) is 14.7 Å². The molecule has 0 bridgehead atoms. The number of nitrogens with two attached hydrogens (primary N) is 1. The molecule has 0 radical (unpaired) electrons. The summed E-state index contributed by atoms with van der Waals surface area (Å²) >= 11 is 0. The van der Waals surface area contributed by atoms with E-state index in [1.165, 1.54) is 6.42 Å². The Hall–Kier alpha value is -3.10. The largest absolute Gasteiger partial charge is 0.367 e. The number of halogens is 2. The van der Waals surface area contributed by atoms with E-state index in [9.17, 15) is 8.78 Å². The summed E-state index contributed by atoms with van der Waals surface area (Å²) < 4.78 is 27.2. The quantitative estimate of drug-likeness (QED) is 0.557. The Bertz CT molecular complexity index is 1080. The number of anilines is 1. The maximum absolute atomic E-state index is 11.8. The highest BCUT2D eigenvalue weighted by Gasteiger charge is 2.17. The number of alkyl halides is 2. The minimum atomic E-state index is -2.08. The molecule has 152 valence electrons. The summed E-state index contributed by atoms with van der Waals surface area (Å²) in [6.07, 6.45) is 14.6. The Balaban J connectivity index is 0.000000174. The molecule has 5 rings (SSSR count). The number of hydrogen-bond donors (Lipinski definition) is 1. The molecular formula is C20H23F2N7. The molecule has 0 unspecified atom stereocenters. The molecule has 1 aliphatic carbocycles. The van der Waals surface area contributed by atoms with Crippen molar-refractivity contribution in [2.45, 2.75) is 45.0 Å². The maximum atomic E-state index is 11.8. The lowest BCUT2D eigenvalue weighted by molar-refractivity contribution is 0.104. The summed E-state index contributed by atoms with van der Waals surface area (Å²) in [5, 5.41) is 4.12. The fourth-order valence-electron chi connectivity index (χ4n) is 3.79. The standard InChI is InChI=1S/C12H9N7.C8H14F2/c13-11-15-6-10-9(1-3-19(10)17-11)8-5-16-12-14-2-4-18(12)7-8;9-8(10)6-7-4-2-1-3-5-7/h1-7H,(H2,13,17);7-8H,1-6H2. The Morgan fingerprint density at radius 3 is 2.69 bits per heavy atom. The van der Waals surface area contributed by atoms with E-state index in [0.717, 1.165) is 42.3 Å². The van der Waals surface area contributed by atoms with Crippen LogP contribution in [-0.2, 0) is 0 Å². The first-order valence-corrected chi connectivity index (χ1v) is 9.77. The van der Waals surface area contributed by atoms with Crippen LogP contribution in [0.15, 0.2) is 43.2 Å². The second-order valence-electron chi connectivity index (χ2n) is 7.28. The van der Waals surface area contributed by atoms with Gasteiger partial charge in [0.1, 0.15) is 0 Å². The summed E-state index contributed by atoms with van der Waals surface area (Å²) in [5.74, 6) is 1.25. The fourth-order valence-corrected chi connectivity index (χ4v) is 3.79. The van der Waals surface area contributed by atoms with E-state index < -0.39 is 6.43 Å². The topological polar surface area (TPSA) is 86.4 Å². The molecule has 0 aromatic carbocycles. The monoisotopic (exact) mass is 399 g/mol. The third-order valence-corrected chi connectivity index (χ3v) is 5.23. The van der Waals surface area contributed by atoms with Crippen molar-refractivity contribution >= 4 is 17.2 Å². The van der Waals surface area contributed by atoms with Gasteiger partial charge in [-0.1, -0.05) is 32.1 Å². The zero-order valence-corrected chi connectivity index (χ0v) is 16.0. The van der Waals surface area contributed by atoms with Crippen molar-refractivity contribution in [3.63, 3.8) is 0 Å². The Kier molecular flexibility index (Phi) is 5.64. The molecule has 4 aromatic rings. The smallest absolute Gasteiger partial charge is 0.238 e. The van der Waals surface area contributed by atoms with Gasteiger partial charge in [-0.2, -0.15) is 0 Å². The molecule has 1 fully saturated rings. The van der Waals surface area contributed by atoms with Crippen LogP contribution < -0.4 is 5.73 Å². The van der Waals surface area contributed by atoms with E-state index in [-0.39, 0.29) is 12.4 Å². The van der Waals surface area contributed by atoms with Crippen LogP contribution in [-0.4, -0.2) is 35.4 Å². The molecule has 29 heavy (non-hydrogen) atoms. The van der Waals surface area contributed by atoms with Crippen LogP contribution in [0.5, 0.6) is 0 Å². The highest BCUT2D eigenvalue weighted by atomic mass is 19.3. The van der Waals surface area contributed by atoms with E-state index in [4.69, 9.17) is 5.73 Å². The molecule has 0 spiro atoms. The molecule has 0 aliphatic heterocycles. The van der Waals surface area contributed by atoms with Gasteiger partial charge in [0.15, 0.2) is 0 Å². The van der Waals surface area contributed by atoms with Gasteiger partial charge >= 0.3 is 0 Å². The van der Waals surface area contributed by atoms with Crippen LogP contribution in [0.25, 0.3) is 22.4 Å². The first kappa shape index (κ1) is 19.2. The lowest BCUT2D eigenvalue weighted by atomic mass is 9.87. The summed E-state index contributed by atoms with van der Waals surface area (Å²) in [7, 11) is 0. The molecule has 0 saturated heterocycles. The summed E-state index contributed by atoms with van der Waals surface area (Å²) in [6, 6.07) is 1.96. The average molecular weight is 399 g/mol. The minimum absolute atomic E-state index is 0.139. The second-order valence-corrected chi connectivity index (χ2v) is 7.28. The Morgan fingerprint density at radius 1 is 1.07 bits per heavy atom. The molecule has 0 atom stereocenters. The van der Waals surface area contributed by atoms with Gasteiger partial charge < -0.3 is 5.73 Å². The predicted octanol–water partition coefficient (Wildman–Crippen LogP) is 4.24. The van der Waals surface area contributed by atoms with Crippen molar-refractivity contribution in [2.24, 2.45) is 5.92 Å². The molecule has 0 amide bonds. The summed E-state index contributed by atoms with van der Waals surface area (Å²) in [5.41, 5.74) is 8.43. The third-order valence-electron chi connectivity index (χ3n) is 5.23. The van der Waals surface area contributed by atoms with Crippen molar-refractivity contribution < 1.29 is 8.78 Å². The van der Waals surface area contributed by atoms with Crippen LogP contribution in [0.3, 0.4) is 0 Å². The van der Waals surface area contributed by atoms with Gasteiger partial charge in [-0.25, -0.2) is 28.2 Å². The predicted molar refractivity (Wildman–Crippen MR) is 107 cm³/mol. The van der Waals surface area contributed by atoms with Crippen molar-refractivity contribution in [3.8, 4) is 11.1 Å². The maximum Gasteiger partial charge on any atom is 0.238 e. The summed E-state index contributed by atoms with van der Waals surface area (Å²) in [6.45, 7) is 0. The number of hydrogen-bond acceptors (Lipinski definition) is 5. The molecule has 1 aliphatic rings. The van der Waals surface area contributed by atoms with Gasteiger partial charge in [-0.05, 0) is 12.0 Å². The van der Waals surface area contributed by atoms with Crippen LogP contribution in [0.1, 0.15) is 38.5 Å². The number of aromatic nitrogens is 6. The molecule has 7 nitrogen and oxygen atoms in total. The Morgan fingerprint density at radius 2 is 1.90 bits per heavy atom. The zero-order chi connectivity index (χ0) is 20.2. The number of nitrogens with zero attached hydrogens (tertiary/aromatic N) is 6. The van der Waals surface area contributed by atoms with E-state index in [1.54, 1.807) is 23.1 Å². The van der Waals surface area contributed by atoms with E-state index in [0.29, 0.717) is 11.7 Å². The van der Waals surface area contributed by atoms with E-state index in [2.05, 4.69) is 20.1 Å². The van der Waals surface area contributed by atoms with Gasteiger partial charge in [-0.15, -0.1) is 5.10 Å². The van der Waals surface area contributed by atoms with Gasteiger partial charge in [0.05, 0.1) is 11.7 Å². The fraction of sp³-hybridized carbons (Fsp3) is 0.400. The SMILES string of the molecule is FC(F)CC1CCCCC1.Nc1ncc2c(-c3cnc4nccn4c3)ccn2n1. The molecule has 4 aromatic heterocycles. The van der Waals surface area contributed by atoms with Gasteiger partial charge in [-0.3, -0.25) is 4.40 Å². The van der Waals surface area contributed by atoms with E-state index in [1.807, 2.05) is 29.1 Å². The lowest BCUT2D eigenvalue weighted by Gasteiger charge is -2.20. The van der Waals surface area contributed by atoms with Crippen LogP contribution in [0, 0.1) is 5.92 Å². The first-order valence-electron chi connectivity index (χ1n) is 9.77. The van der Waals surface area contributed by atoms with Crippen molar-refractivity contribution in [3.05, 3.63) is 43.2 Å². The molecule has 2 N–H and O–H groups in total. The highest BCUT2D eigenvalue weighted by Crippen LogP contribution is 2.28.